The highest BCUT2D eigenvalue weighted by atomic mass is 16.5. The van der Waals surface area contributed by atoms with E-state index in [0.717, 1.165) is 24.9 Å². The number of amides is 2. The molecule has 7 heteroatoms. The number of rotatable bonds is 7. The predicted molar refractivity (Wildman–Crippen MR) is 67.1 cm³/mol. The molecule has 0 N–H and O–H groups in total. The summed E-state index contributed by atoms with van der Waals surface area (Å²) in [5.74, 6) is -2.55. The van der Waals surface area contributed by atoms with Crippen molar-refractivity contribution in [3.8, 4) is 0 Å². The van der Waals surface area contributed by atoms with E-state index < -0.39 is 23.5 Å². The second kappa shape index (κ2) is 8.77. The van der Waals surface area contributed by atoms with E-state index >= 15 is 0 Å². The molecule has 0 radical (unpaired) electrons. The maximum absolute atomic E-state index is 11.7. The predicted octanol–water partition coefficient (Wildman–Crippen LogP) is 0.562. The summed E-state index contributed by atoms with van der Waals surface area (Å²) in [4.78, 5) is 37.8. The molecule has 0 fully saturated rings. The smallest absolute Gasteiger partial charge is 0.460 e. The standard InChI is InChI=1S/C12H17N3O4/c1-4-5-6-7-8-9(16)15(2)11(17)10(14-13)12(18)19-3/h4H,1,5-8H2,2-3H3. The first-order valence-corrected chi connectivity index (χ1v) is 5.71. The quantitative estimate of drug-likeness (QED) is 0.128. The lowest BCUT2D eigenvalue weighted by Gasteiger charge is -2.11. The van der Waals surface area contributed by atoms with Crippen LogP contribution in [0.15, 0.2) is 12.7 Å². The Labute approximate surface area is 111 Å². The van der Waals surface area contributed by atoms with Gasteiger partial charge >= 0.3 is 17.6 Å². The van der Waals surface area contributed by atoms with Crippen molar-refractivity contribution >= 4 is 23.5 Å². The van der Waals surface area contributed by atoms with Crippen LogP contribution < -0.4 is 0 Å². The third kappa shape index (κ3) is 5.27. The zero-order chi connectivity index (χ0) is 14.8. The molecule has 0 aliphatic carbocycles. The van der Waals surface area contributed by atoms with Crippen molar-refractivity contribution in [2.24, 2.45) is 0 Å². The number of carbonyl (C=O) groups is 3. The second-order valence-electron chi connectivity index (χ2n) is 3.73. The van der Waals surface area contributed by atoms with Gasteiger partial charge in [-0.15, -0.1) is 6.58 Å². The molecule has 0 bridgehead atoms. The maximum Gasteiger partial charge on any atom is 0.463 e. The highest BCUT2D eigenvalue weighted by molar-refractivity contribution is 6.62. The molecular weight excluding hydrogens is 250 g/mol. The lowest BCUT2D eigenvalue weighted by atomic mass is 10.2. The fraction of sp³-hybridized carbons (Fsp3) is 0.500. The monoisotopic (exact) mass is 267 g/mol. The molecule has 2 amide bonds. The fourth-order valence-corrected chi connectivity index (χ4v) is 1.27. The Morgan fingerprint density at radius 2 is 2.00 bits per heavy atom. The van der Waals surface area contributed by atoms with Gasteiger partial charge in [-0.25, -0.2) is 4.79 Å². The molecule has 0 aliphatic rings. The number of hydrogen-bond acceptors (Lipinski definition) is 4. The lowest BCUT2D eigenvalue weighted by molar-refractivity contribution is -0.145. The molecule has 0 aromatic carbocycles. The summed E-state index contributed by atoms with van der Waals surface area (Å²) in [6.07, 6.45) is 4.08. The number of allylic oxidation sites excluding steroid dienone is 1. The van der Waals surface area contributed by atoms with Gasteiger partial charge in [0, 0.05) is 13.5 Å². The molecular formula is C12H17N3O4. The van der Waals surface area contributed by atoms with E-state index in [1.165, 1.54) is 7.05 Å². The Morgan fingerprint density at radius 1 is 1.37 bits per heavy atom. The van der Waals surface area contributed by atoms with E-state index in [2.05, 4.69) is 16.1 Å². The Kier molecular flexibility index (Phi) is 7.72. The van der Waals surface area contributed by atoms with E-state index in [4.69, 9.17) is 5.53 Å². The third-order valence-corrected chi connectivity index (χ3v) is 2.41. The van der Waals surface area contributed by atoms with Gasteiger partial charge in [0.1, 0.15) is 0 Å². The maximum atomic E-state index is 11.7. The number of imide groups is 1. The molecule has 0 aromatic rings. The minimum atomic E-state index is -1.10. The van der Waals surface area contributed by atoms with Gasteiger partial charge in [-0.2, -0.15) is 4.79 Å². The number of methoxy groups -OCH3 is 1. The van der Waals surface area contributed by atoms with Crippen LogP contribution in [0.2, 0.25) is 0 Å². The van der Waals surface area contributed by atoms with E-state index in [1.807, 2.05) is 0 Å². The number of carbonyl (C=O) groups excluding carboxylic acids is 3. The molecule has 0 unspecified atom stereocenters. The highest BCUT2D eigenvalue weighted by Crippen LogP contribution is 2.03. The highest BCUT2D eigenvalue weighted by Gasteiger charge is 2.35. The first-order valence-electron chi connectivity index (χ1n) is 5.71. The molecule has 7 nitrogen and oxygen atoms in total. The molecule has 0 heterocycles. The van der Waals surface area contributed by atoms with E-state index in [1.54, 1.807) is 6.08 Å². The van der Waals surface area contributed by atoms with Gasteiger partial charge in [-0.05, 0) is 19.3 Å². The number of nitrogens with zero attached hydrogens (tertiary/aromatic N) is 3. The molecule has 0 saturated heterocycles. The van der Waals surface area contributed by atoms with Gasteiger partial charge in [0.15, 0.2) is 0 Å². The van der Waals surface area contributed by atoms with Gasteiger partial charge in [-0.3, -0.25) is 14.5 Å². The average molecular weight is 267 g/mol. The summed E-state index contributed by atoms with van der Waals surface area (Å²) in [5.41, 5.74) is 7.76. The minimum Gasteiger partial charge on any atom is -0.460 e. The van der Waals surface area contributed by atoms with Crippen LogP contribution in [-0.4, -0.2) is 47.3 Å². The lowest BCUT2D eigenvalue weighted by Crippen LogP contribution is -2.42. The number of unbranched alkanes of at least 4 members (excludes halogenated alkanes) is 2. The number of esters is 1. The molecule has 19 heavy (non-hydrogen) atoms. The van der Waals surface area contributed by atoms with Crippen molar-refractivity contribution in [2.75, 3.05) is 14.2 Å². The molecule has 0 saturated carbocycles. The Balaban J connectivity index is 4.55. The summed E-state index contributed by atoms with van der Waals surface area (Å²) in [6, 6.07) is 0. The molecule has 0 rings (SSSR count). The summed E-state index contributed by atoms with van der Waals surface area (Å²) in [5, 5.41) is 0. The van der Waals surface area contributed by atoms with Crippen molar-refractivity contribution < 1.29 is 23.9 Å². The van der Waals surface area contributed by atoms with Crippen LogP contribution >= 0.6 is 0 Å². The Morgan fingerprint density at radius 3 is 2.47 bits per heavy atom. The van der Waals surface area contributed by atoms with E-state index in [0.29, 0.717) is 6.42 Å². The normalized spacial score (nSPS) is 9.16. The first kappa shape index (κ1) is 16.7. The minimum absolute atomic E-state index is 0.163. The van der Waals surface area contributed by atoms with Crippen molar-refractivity contribution in [3.63, 3.8) is 0 Å². The van der Waals surface area contributed by atoms with E-state index in [-0.39, 0.29) is 6.42 Å². The third-order valence-electron chi connectivity index (χ3n) is 2.41. The van der Waals surface area contributed by atoms with Gasteiger partial charge in [0.05, 0.1) is 7.11 Å². The molecule has 0 spiro atoms. The van der Waals surface area contributed by atoms with Crippen LogP contribution in [-0.2, 0) is 19.1 Å². The van der Waals surface area contributed by atoms with Crippen molar-refractivity contribution in [1.82, 2.24) is 4.90 Å². The van der Waals surface area contributed by atoms with Crippen molar-refractivity contribution in [3.05, 3.63) is 18.2 Å². The van der Waals surface area contributed by atoms with Crippen LogP contribution in [0.4, 0.5) is 0 Å². The van der Waals surface area contributed by atoms with Gasteiger partial charge in [-0.1, -0.05) is 6.08 Å². The van der Waals surface area contributed by atoms with Gasteiger partial charge in [0.25, 0.3) is 0 Å². The van der Waals surface area contributed by atoms with Crippen LogP contribution in [0, 0.1) is 0 Å². The van der Waals surface area contributed by atoms with Gasteiger partial charge in [0.2, 0.25) is 5.91 Å². The van der Waals surface area contributed by atoms with Crippen LogP contribution in [0.25, 0.3) is 5.53 Å². The van der Waals surface area contributed by atoms with Gasteiger partial charge < -0.3 is 10.3 Å². The first-order chi connectivity index (χ1) is 8.99. The zero-order valence-electron chi connectivity index (χ0n) is 11.1. The average Bonchev–Trinajstić information content (AvgIpc) is 2.42. The number of hydrogen-bond donors (Lipinski definition) is 0. The van der Waals surface area contributed by atoms with Crippen molar-refractivity contribution in [2.45, 2.75) is 25.7 Å². The largest absolute Gasteiger partial charge is 0.463 e. The summed E-state index contributed by atoms with van der Waals surface area (Å²) >= 11 is 0. The fourth-order valence-electron chi connectivity index (χ4n) is 1.27. The summed E-state index contributed by atoms with van der Waals surface area (Å²) in [7, 11) is 2.25. The Bertz CT molecular complexity index is 425. The SMILES string of the molecule is C=CCCCCC(=O)N(C)C(=O)C(=[N+]=[N-])C(=O)OC. The van der Waals surface area contributed by atoms with E-state index in [9.17, 15) is 14.4 Å². The number of ether oxygens (including phenoxy) is 1. The molecule has 0 atom stereocenters. The van der Waals surface area contributed by atoms with Crippen LogP contribution in [0.3, 0.4) is 0 Å². The molecule has 0 aromatic heterocycles. The summed E-state index contributed by atoms with van der Waals surface area (Å²) < 4.78 is 4.27. The van der Waals surface area contributed by atoms with Crippen LogP contribution in [0.1, 0.15) is 25.7 Å². The molecule has 0 aliphatic heterocycles. The summed E-state index contributed by atoms with van der Waals surface area (Å²) in [6.45, 7) is 3.56. The Hall–Kier alpha value is -2.27. The molecule has 104 valence electrons. The topological polar surface area (TPSA) is 100 Å². The van der Waals surface area contributed by atoms with Crippen molar-refractivity contribution in [1.29, 1.82) is 0 Å². The zero-order valence-corrected chi connectivity index (χ0v) is 11.1. The second-order valence-corrected chi connectivity index (χ2v) is 3.73. The van der Waals surface area contributed by atoms with Crippen LogP contribution in [0.5, 0.6) is 0 Å².